The van der Waals surface area contributed by atoms with Crippen LogP contribution >= 0.6 is 13.4 Å². The van der Waals surface area contributed by atoms with Crippen molar-refractivity contribution in [3.63, 3.8) is 0 Å². The fourth-order valence-corrected chi connectivity index (χ4v) is 0. The van der Waals surface area contributed by atoms with Crippen LogP contribution in [0.4, 0.5) is 0 Å². The minimum absolute atomic E-state index is 0. The van der Waals surface area contributed by atoms with Gasteiger partial charge in [0.05, 0.1) is 0 Å². The zero-order valence-electron chi connectivity index (χ0n) is 6.68. The van der Waals surface area contributed by atoms with Gasteiger partial charge in [-0.15, -0.1) is 6.58 Å². The molecule has 6 N–H and O–H groups in total. The van der Waals surface area contributed by atoms with Gasteiger partial charge in [0, 0.05) is 0 Å². The van der Waals surface area contributed by atoms with Gasteiger partial charge in [0.2, 0.25) is 0 Å². The number of hydrogen-bond acceptors (Lipinski definition) is 2. The van der Waals surface area contributed by atoms with Crippen LogP contribution in [0.5, 0.6) is 0 Å². The first kappa shape index (κ1) is 24.2. The van der Waals surface area contributed by atoms with E-state index in [-0.39, 0.29) is 7.43 Å². The van der Waals surface area contributed by atoms with Crippen molar-refractivity contribution in [1.82, 2.24) is 0 Å². The van der Waals surface area contributed by atoms with Gasteiger partial charge in [-0.2, -0.15) is 0 Å². The van der Waals surface area contributed by atoms with Crippen LogP contribution in [0.1, 0.15) is 14.4 Å². The van der Waals surface area contributed by atoms with E-state index in [2.05, 4.69) is 30.2 Å². The Hall–Kier alpha value is 0.800. The monoisotopic (exact) mass is 286 g/mol. The van der Waals surface area contributed by atoms with E-state index in [4.69, 9.17) is 29.4 Å². The maximum atomic E-state index is 7.56. The van der Waals surface area contributed by atoms with Crippen LogP contribution in [0.25, 0.3) is 0 Å². The summed E-state index contributed by atoms with van der Waals surface area (Å²) in [6.45, 7) is -2.36. The number of hydrogen-bond donors (Lipinski definition) is 6. The molecule has 0 rings (SSSR count). The summed E-state index contributed by atoms with van der Waals surface area (Å²) in [5, 5.41) is 0. The van der Waals surface area contributed by atoms with Gasteiger partial charge in [-0.25, -0.2) is 0 Å². The zero-order chi connectivity index (χ0) is 11.7. The normalized spacial score (nSPS) is 9.36. The van der Waals surface area contributed by atoms with Gasteiger partial charge in [-0.3, -0.25) is 0 Å². The quantitative estimate of drug-likeness (QED) is 0.276. The third-order valence-electron chi connectivity index (χ3n) is 0. The third-order valence-corrected chi connectivity index (χ3v) is 0. The molecule has 0 aliphatic heterocycles. The molecule has 0 amide bonds. The van der Waals surface area contributed by atoms with Crippen LogP contribution in [-0.4, -0.2) is 29.4 Å². The van der Waals surface area contributed by atoms with Crippen molar-refractivity contribution in [3.8, 4) is 0 Å². The highest BCUT2D eigenvalue weighted by Crippen LogP contribution is 2.26. The summed E-state index contributed by atoms with van der Waals surface area (Å²) in [6, 6.07) is 0. The van der Waals surface area contributed by atoms with E-state index >= 15 is 0 Å². The predicted octanol–water partition coefficient (Wildman–Crippen LogP) is 0.204. The molecule has 0 aliphatic carbocycles. The Balaban J connectivity index is -0.0000000535. The van der Waals surface area contributed by atoms with Gasteiger partial charge in [-0.05, 0) is 30.5 Å². The SMILES string of the molecule is C.C=CC.OP(O)(O)=S.OP(O)(O)=S. The first-order valence-electron chi connectivity index (χ1n) is 2.55. The minimum atomic E-state index is -3.81. The molecule has 0 aromatic heterocycles. The van der Waals surface area contributed by atoms with Crippen LogP contribution < -0.4 is 0 Å². The molecule has 10 heteroatoms. The average molecular weight is 286 g/mol. The number of allylic oxidation sites excluding steroid dienone is 1. The molecule has 0 saturated carbocycles. The molecule has 0 aliphatic rings. The van der Waals surface area contributed by atoms with E-state index in [0.717, 1.165) is 0 Å². The lowest BCUT2D eigenvalue weighted by Gasteiger charge is -1.88. The first-order chi connectivity index (χ1) is 5.41. The zero-order valence-corrected chi connectivity index (χ0v) is 10.1. The van der Waals surface area contributed by atoms with E-state index in [9.17, 15) is 0 Å². The Morgan fingerprint density at radius 2 is 0.929 bits per heavy atom. The third kappa shape index (κ3) is 2780. The molecule has 0 aromatic rings. The molecule has 6 nitrogen and oxygen atoms in total. The van der Waals surface area contributed by atoms with Crippen LogP contribution in [-0.2, 0) is 23.6 Å². The molecule has 0 aromatic carbocycles. The summed E-state index contributed by atoms with van der Waals surface area (Å²) in [7, 11) is 0. The van der Waals surface area contributed by atoms with Gasteiger partial charge in [0.25, 0.3) is 0 Å². The van der Waals surface area contributed by atoms with Gasteiger partial charge >= 0.3 is 13.4 Å². The molecule has 0 heterocycles. The summed E-state index contributed by atoms with van der Waals surface area (Å²) in [5.41, 5.74) is 0. The molecule has 90 valence electrons. The Bertz CT molecular complexity index is 171. The largest absolute Gasteiger partial charge is 0.325 e. The van der Waals surface area contributed by atoms with Gasteiger partial charge < -0.3 is 29.4 Å². The summed E-state index contributed by atoms with van der Waals surface area (Å²) in [6.07, 6.45) is 1.75. The van der Waals surface area contributed by atoms with Crippen LogP contribution in [0.3, 0.4) is 0 Å². The Morgan fingerprint density at radius 1 is 0.929 bits per heavy atom. The fourth-order valence-electron chi connectivity index (χ4n) is 0. The van der Waals surface area contributed by atoms with Gasteiger partial charge in [-0.1, -0.05) is 13.5 Å². The molecule has 0 spiro atoms. The maximum absolute atomic E-state index is 7.56. The summed E-state index contributed by atoms with van der Waals surface area (Å²) < 4.78 is 0. The Kier molecular flexibility index (Phi) is 20.5. The highest BCUT2D eigenvalue weighted by Gasteiger charge is 1.92. The smallest absolute Gasteiger partial charge is 0.319 e. The second kappa shape index (κ2) is 11.9. The molecule has 14 heavy (non-hydrogen) atoms. The van der Waals surface area contributed by atoms with Crippen molar-refractivity contribution in [3.05, 3.63) is 12.7 Å². The second-order valence-electron chi connectivity index (χ2n) is 1.43. The summed E-state index contributed by atoms with van der Waals surface area (Å²) >= 11 is 7.21. The Labute approximate surface area is 93.7 Å². The topological polar surface area (TPSA) is 121 Å². The van der Waals surface area contributed by atoms with Gasteiger partial charge in [0.15, 0.2) is 0 Å². The van der Waals surface area contributed by atoms with E-state index < -0.39 is 13.4 Å². The van der Waals surface area contributed by atoms with Crippen LogP contribution in [0.2, 0.25) is 0 Å². The van der Waals surface area contributed by atoms with Crippen LogP contribution in [0, 0.1) is 0 Å². The van der Waals surface area contributed by atoms with Crippen molar-refractivity contribution in [2.24, 2.45) is 0 Å². The molecular formula is C4H16O6P2S2. The van der Waals surface area contributed by atoms with E-state index in [0.29, 0.717) is 0 Å². The lowest BCUT2D eigenvalue weighted by atomic mass is 10.8. The van der Waals surface area contributed by atoms with E-state index in [1.165, 1.54) is 0 Å². The lowest BCUT2D eigenvalue weighted by Crippen LogP contribution is -1.65. The van der Waals surface area contributed by atoms with E-state index in [1.807, 2.05) is 6.92 Å². The van der Waals surface area contributed by atoms with Crippen LogP contribution in [0.15, 0.2) is 12.7 Å². The summed E-state index contributed by atoms with van der Waals surface area (Å²) in [4.78, 5) is 45.3. The first-order valence-corrected chi connectivity index (χ1v) is 7.87. The van der Waals surface area contributed by atoms with Gasteiger partial charge in [0.1, 0.15) is 0 Å². The van der Waals surface area contributed by atoms with E-state index in [1.54, 1.807) is 6.08 Å². The van der Waals surface area contributed by atoms with Crippen molar-refractivity contribution < 1.29 is 29.4 Å². The molecular weight excluding hydrogens is 270 g/mol. The maximum Gasteiger partial charge on any atom is 0.319 e. The fraction of sp³-hybridized carbons (Fsp3) is 0.500. The molecule has 0 bridgehead atoms. The highest BCUT2D eigenvalue weighted by molar-refractivity contribution is 8.06. The molecule has 0 radical (unpaired) electrons. The minimum Gasteiger partial charge on any atom is -0.325 e. The molecule has 0 saturated heterocycles. The van der Waals surface area contributed by atoms with Crippen molar-refractivity contribution in [2.45, 2.75) is 14.4 Å². The van der Waals surface area contributed by atoms with Crippen molar-refractivity contribution in [2.75, 3.05) is 0 Å². The number of rotatable bonds is 0. The Morgan fingerprint density at radius 3 is 0.929 bits per heavy atom. The van der Waals surface area contributed by atoms with Crippen molar-refractivity contribution >= 4 is 37.1 Å². The van der Waals surface area contributed by atoms with Crippen molar-refractivity contribution in [1.29, 1.82) is 0 Å². The predicted molar refractivity (Wildman–Crippen MR) is 64.5 cm³/mol. The standard InChI is InChI=1S/C3H6.CH4.2H3O3PS/c1-3-2;;2*1-4(2,3)5/h3H,1H2,2H3;1H4;2*(H3,1,2,3,5). The summed E-state index contributed by atoms with van der Waals surface area (Å²) in [5.74, 6) is 0. The lowest BCUT2D eigenvalue weighted by molar-refractivity contribution is 0.361. The average Bonchev–Trinajstić information content (AvgIpc) is 1.52. The molecule has 0 atom stereocenters. The molecule has 0 unspecified atom stereocenters. The second-order valence-corrected chi connectivity index (χ2v) is 6.43. The highest BCUT2D eigenvalue weighted by atomic mass is 32.5. The molecule has 0 fully saturated rings.